The lowest BCUT2D eigenvalue weighted by Crippen LogP contribution is -2.38. The Labute approximate surface area is 235 Å². The molecule has 214 valence electrons. The van der Waals surface area contributed by atoms with Crippen LogP contribution < -0.4 is 14.8 Å². The van der Waals surface area contributed by atoms with Crippen molar-refractivity contribution in [2.24, 2.45) is 5.10 Å². The number of benzene rings is 2. The Morgan fingerprint density at radius 2 is 1.82 bits per heavy atom. The van der Waals surface area contributed by atoms with Crippen LogP contribution in [-0.2, 0) is 20.8 Å². The van der Waals surface area contributed by atoms with E-state index in [1.54, 1.807) is 19.2 Å². The van der Waals surface area contributed by atoms with E-state index in [-0.39, 0.29) is 12.0 Å². The molecule has 2 aromatic carbocycles. The molecule has 0 bridgehead atoms. The second kappa shape index (κ2) is 13.6. The minimum atomic E-state index is -0.489. The first-order valence-corrected chi connectivity index (χ1v) is 14.1. The quantitative estimate of drug-likeness (QED) is 0.467. The molecule has 5 rings (SSSR count). The molecule has 1 N–H and O–H groups in total. The van der Waals surface area contributed by atoms with E-state index in [2.05, 4.69) is 10.2 Å². The first-order chi connectivity index (χ1) is 19.6. The molecule has 1 saturated heterocycles. The number of nitrogens with one attached hydrogen (secondary N) is 1. The highest BCUT2D eigenvalue weighted by Crippen LogP contribution is 2.33. The van der Waals surface area contributed by atoms with Gasteiger partial charge in [-0.1, -0.05) is 12.1 Å². The second-order valence-corrected chi connectivity index (χ2v) is 10.3. The monoisotopic (exact) mass is 550 g/mol. The third-order valence-electron chi connectivity index (χ3n) is 7.47. The molecule has 2 aliphatic heterocycles. The van der Waals surface area contributed by atoms with Gasteiger partial charge in [0.1, 0.15) is 6.61 Å². The van der Waals surface area contributed by atoms with Gasteiger partial charge >= 0.3 is 6.09 Å². The molecule has 0 spiro atoms. The summed E-state index contributed by atoms with van der Waals surface area (Å²) in [6, 6.07) is 13.2. The third kappa shape index (κ3) is 7.51. The van der Waals surface area contributed by atoms with Gasteiger partial charge in [-0.2, -0.15) is 5.10 Å². The minimum absolute atomic E-state index is 0.0225. The molecule has 40 heavy (non-hydrogen) atoms. The normalized spacial score (nSPS) is 18.4. The van der Waals surface area contributed by atoms with Crippen LogP contribution in [-0.4, -0.2) is 80.3 Å². The number of carbonyl (C=O) groups is 2. The average molecular weight is 551 g/mol. The molecule has 2 heterocycles. The largest absolute Gasteiger partial charge is 0.493 e. The van der Waals surface area contributed by atoms with Crippen LogP contribution in [0.2, 0.25) is 0 Å². The smallest absolute Gasteiger partial charge is 0.411 e. The molecule has 10 nitrogen and oxygen atoms in total. The van der Waals surface area contributed by atoms with Crippen LogP contribution in [0.15, 0.2) is 47.6 Å². The van der Waals surface area contributed by atoms with Crippen molar-refractivity contribution in [2.45, 2.75) is 51.2 Å². The lowest BCUT2D eigenvalue weighted by atomic mass is 10.0. The number of ether oxygens (including phenoxy) is 4. The second-order valence-electron chi connectivity index (χ2n) is 10.3. The molecule has 0 unspecified atom stereocenters. The number of hydrazone groups is 1. The number of rotatable bonds is 10. The average Bonchev–Trinajstić information content (AvgIpc) is 3.49. The van der Waals surface area contributed by atoms with Crippen molar-refractivity contribution in [1.82, 2.24) is 9.91 Å². The number of methoxy groups -OCH3 is 1. The summed E-state index contributed by atoms with van der Waals surface area (Å²) in [5.41, 5.74) is 3.31. The number of nitrogens with zero attached hydrogens (tertiary/aromatic N) is 3. The van der Waals surface area contributed by atoms with Crippen molar-refractivity contribution in [1.29, 1.82) is 0 Å². The molecule has 2 fully saturated rings. The minimum Gasteiger partial charge on any atom is -0.493 e. The summed E-state index contributed by atoms with van der Waals surface area (Å²) >= 11 is 0. The van der Waals surface area contributed by atoms with Crippen molar-refractivity contribution in [3.63, 3.8) is 0 Å². The maximum absolute atomic E-state index is 12.7. The molecule has 3 aliphatic rings. The Morgan fingerprint density at radius 1 is 1.05 bits per heavy atom. The number of carbonyl (C=O) groups excluding carboxylic acids is 2. The molecule has 10 heteroatoms. The Morgan fingerprint density at radius 3 is 2.58 bits per heavy atom. The molecule has 2 amide bonds. The van der Waals surface area contributed by atoms with E-state index in [9.17, 15) is 9.59 Å². The van der Waals surface area contributed by atoms with Crippen molar-refractivity contribution in [3.05, 3.63) is 53.6 Å². The summed E-state index contributed by atoms with van der Waals surface area (Å²) in [5, 5.41) is 8.97. The highest BCUT2D eigenvalue weighted by atomic mass is 16.5. The molecule has 1 saturated carbocycles. The Hall–Kier alpha value is -3.63. The van der Waals surface area contributed by atoms with Gasteiger partial charge in [-0.15, -0.1) is 0 Å². The predicted molar refractivity (Wildman–Crippen MR) is 151 cm³/mol. The van der Waals surface area contributed by atoms with Gasteiger partial charge in [0.2, 0.25) is 5.91 Å². The number of anilines is 1. The molecule has 0 atom stereocenters. The molecular formula is C30H38N4O6. The molecule has 0 aromatic heterocycles. The van der Waals surface area contributed by atoms with Gasteiger partial charge in [0.25, 0.3) is 0 Å². The summed E-state index contributed by atoms with van der Waals surface area (Å²) < 4.78 is 22.4. The van der Waals surface area contributed by atoms with Crippen molar-refractivity contribution >= 4 is 23.4 Å². The van der Waals surface area contributed by atoms with Crippen LogP contribution in [0.25, 0.3) is 0 Å². The summed E-state index contributed by atoms with van der Waals surface area (Å²) in [7, 11) is 1.64. The maximum atomic E-state index is 12.7. The number of amides is 2. The van der Waals surface area contributed by atoms with Gasteiger partial charge in [0.05, 0.1) is 38.7 Å². The predicted octanol–water partition coefficient (Wildman–Crippen LogP) is 4.42. The van der Waals surface area contributed by atoms with Gasteiger partial charge in [0.15, 0.2) is 11.5 Å². The Bertz CT molecular complexity index is 1190. The van der Waals surface area contributed by atoms with Crippen LogP contribution in [0, 0.1) is 0 Å². The lowest BCUT2D eigenvalue weighted by molar-refractivity contribution is -0.132. The summed E-state index contributed by atoms with van der Waals surface area (Å²) in [6.07, 6.45) is 5.17. The zero-order valence-electron chi connectivity index (χ0n) is 23.1. The first-order valence-electron chi connectivity index (χ1n) is 14.1. The van der Waals surface area contributed by atoms with Crippen molar-refractivity contribution in [3.8, 4) is 11.5 Å². The van der Waals surface area contributed by atoms with E-state index in [4.69, 9.17) is 24.0 Å². The highest BCUT2D eigenvalue weighted by Gasteiger charge is 2.24. The van der Waals surface area contributed by atoms with Gasteiger partial charge in [0, 0.05) is 43.7 Å². The molecule has 2 aromatic rings. The van der Waals surface area contributed by atoms with E-state index >= 15 is 0 Å². The first kappa shape index (κ1) is 27.9. The van der Waals surface area contributed by atoms with E-state index in [1.165, 1.54) is 17.9 Å². The van der Waals surface area contributed by atoms with Crippen LogP contribution in [0.5, 0.6) is 11.5 Å². The number of morpholine rings is 1. The fourth-order valence-electron chi connectivity index (χ4n) is 5.18. The van der Waals surface area contributed by atoms with E-state index < -0.39 is 6.09 Å². The summed E-state index contributed by atoms with van der Waals surface area (Å²) in [4.78, 5) is 27.1. The van der Waals surface area contributed by atoms with Crippen LogP contribution >= 0.6 is 0 Å². The standard InChI is InChI=1S/C30H38N4O6/c1-37-27-12-8-23(20-28(27)40-25-4-2-3-5-25)26-11-13-29(35)34(32-26)21-22-6-9-24(10-7-22)31-30(36)39-19-16-33-14-17-38-18-15-33/h6-10,12,20,25H,2-5,11,13-19,21H2,1H3,(H,31,36). The van der Waals surface area contributed by atoms with Crippen LogP contribution in [0.4, 0.5) is 10.5 Å². The molecule has 0 radical (unpaired) electrons. The van der Waals surface area contributed by atoms with Crippen LogP contribution in [0.3, 0.4) is 0 Å². The van der Waals surface area contributed by atoms with Crippen LogP contribution in [0.1, 0.15) is 49.7 Å². The lowest BCUT2D eigenvalue weighted by Gasteiger charge is -2.26. The zero-order valence-corrected chi connectivity index (χ0v) is 23.1. The molecular weight excluding hydrogens is 512 g/mol. The van der Waals surface area contributed by atoms with E-state index in [1.807, 2.05) is 30.3 Å². The summed E-state index contributed by atoms with van der Waals surface area (Å²) in [6.45, 7) is 4.49. The Kier molecular flexibility index (Phi) is 9.51. The van der Waals surface area contributed by atoms with Crippen molar-refractivity contribution < 1.29 is 28.5 Å². The fraction of sp³-hybridized carbons (Fsp3) is 0.500. The van der Waals surface area contributed by atoms with Gasteiger partial charge < -0.3 is 18.9 Å². The number of hydrogen-bond donors (Lipinski definition) is 1. The van der Waals surface area contributed by atoms with Gasteiger partial charge in [-0.05, 0) is 61.6 Å². The maximum Gasteiger partial charge on any atom is 0.411 e. The van der Waals surface area contributed by atoms with Gasteiger partial charge in [-0.3, -0.25) is 15.0 Å². The van der Waals surface area contributed by atoms with E-state index in [0.717, 1.165) is 48.5 Å². The SMILES string of the molecule is COc1ccc(C2=NN(Cc3ccc(NC(=O)OCCN4CCOCC4)cc3)C(=O)CC2)cc1OC1CCCC1. The van der Waals surface area contributed by atoms with Gasteiger partial charge in [-0.25, -0.2) is 9.80 Å². The van der Waals surface area contributed by atoms with E-state index in [0.29, 0.717) is 57.2 Å². The molecule has 1 aliphatic carbocycles. The Balaban J connectivity index is 1.17. The zero-order chi connectivity index (χ0) is 27.7. The number of hydrogen-bond acceptors (Lipinski definition) is 8. The summed E-state index contributed by atoms with van der Waals surface area (Å²) in [5.74, 6) is 1.40. The third-order valence-corrected chi connectivity index (χ3v) is 7.47. The van der Waals surface area contributed by atoms with Crippen molar-refractivity contribution in [2.75, 3.05) is 51.9 Å². The topological polar surface area (TPSA) is 102 Å². The highest BCUT2D eigenvalue weighted by molar-refractivity contribution is 6.04. The fourth-order valence-corrected chi connectivity index (χ4v) is 5.18.